The fourth-order valence-electron chi connectivity index (χ4n) is 2.17. The predicted molar refractivity (Wildman–Crippen MR) is 74.1 cm³/mol. The minimum Gasteiger partial charge on any atom is -0.495 e. The van der Waals surface area contributed by atoms with E-state index in [9.17, 15) is 0 Å². The molecule has 1 aliphatic carbocycles. The Labute approximate surface area is 108 Å². The summed E-state index contributed by atoms with van der Waals surface area (Å²) < 4.78 is 10.4. The van der Waals surface area contributed by atoms with Gasteiger partial charge in [-0.2, -0.15) is 0 Å². The number of rotatable bonds is 7. The van der Waals surface area contributed by atoms with Crippen molar-refractivity contribution in [1.82, 2.24) is 0 Å². The van der Waals surface area contributed by atoms with Crippen LogP contribution in [0.1, 0.15) is 19.3 Å². The molecule has 0 atom stereocenters. The lowest BCUT2D eigenvalue weighted by Crippen LogP contribution is -2.18. The molecule has 100 valence electrons. The van der Waals surface area contributed by atoms with Crippen LogP contribution in [0.15, 0.2) is 18.2 Å². The van der Waals surface area contributed by atoms with E-state index in [1.54, 1.807) is 14.2 Å². The number of methoxy groups -OCH3 is 2. The van der Waals surface area contributed by atoms with Gasteiger partial charge in [0.05, 0.1) is 18.5 Å². The second-order valence-corrected chi connectivity index (χ2v) is 5.02. The number of nitrogen functional groups attached to an aromatic ring is 1. The topological polar surface area (TPSA) is 56.5 Å². The molecule has 4 nitrogen and oxygen atoms in total. The van der Waals surface area contributed by atoms with Crippen LogP contribution in [0.4, 0.5) is 11.4 Å². The zero-order valence-electron chi connectivity index (χ0n) is 11.2. The van der Waals surface area contributed by atoms with Gasteiger partial charge in [-0.15, -0.1) is 0 Å². The fraction of sp³-hybridized carbons (Fsp3) is 0.571. The van der Waals surface area contributed by atoms with Crippen LogP contribution in [-0.2, 0) is 4.74 Å². The average Bonchev–Trinajstić information content (AvgIpc) is 3.16. The smallest absolute Gasteiger partial charge is 0.143 e. The molecule has 0 saturated heterocycles. The number of hydrogen-bond acceptors (Lipinski definition) is 4. The number of nitrogens with two attached hydrogens (primary N) is 1. The Balaban J connectivity index is 1.94. The van der Waals surface area contributed by atoms with E-state index in [0.717, 1.165) is 31.0 Å². The van der Waals surface area contributed by atoms with E-state index in [-0.39, 0.29) is 0 Å². The summed E-state index contributed by atoms with van der Waals surface area (Å²) in [5, 5.41) is 3.44. The molecule has 0 unspecified atom stereocenters. The number of anilines is 2. The third-order valence-corrected chi connectivity index (χ3v) is 3.73. The van der Waals surface area contributed by atoms with Crippen molar-refractivity contribution in [3.63, 3.8) is 0 Å². The van der Waals surface area contributed by atoms with Crippen LogP contribution >= 0.6 is 0 Å². The lowest BCUT2D eigenvalue weighted by Gasteiger charge is -2.18. The van der Waals surface area contributed by atoms with Crippen molar-refractivity contribution in [2.45, 2.75) is 19.3 Å². The summed E-state index contributed by atoms with van der Waals surface area (Å²) >= 11 is 0. The zero-order chi connectivity index (χ0) is 13.0. The molecule has 1 fully saturated rings. The molecule has 3 N–H and O–H groups in total. The first-order valence-electron chi connectivity index (χ1n) is 6.36. The Hall–Kier alpha value is -1.42. The highest BCUT2D eigenvalue weighted by Crippen LogP contribution is 2.49. The highest BCUT2D eigenvalue weighted by molar-refractivity contribution is 5.72. The summed E-state index contributed by atoms with van der Waals surface area (Å²) in [4.78, 5) is 0. The molecule has 2 rings (SSSR count). The van der Waals surface area contributed by atoms with Crippen molar-refractivity contribution in [2.75, 3.05) is 38.4 Å². The first kappa shape index (κ1) is 13.0. The minimum absolute atomic E-state index is 0.408. The normalized spacial score (nSPS) is 16.3. The largest absolute Gasteiger partial charge is 0.495 e. The third-order valence-electron chi connectivity index (χ3n) is 3.73. The third kappa shape index (κ3) is 2.88. The Morgan fingerprint density at radius 2 is 2.11 bits per heavy atom. The summed E-state index contributed by atoms with van der Waals surface area (Å²) in [6.07, 6.45) is 3.65. The lowest BCUT2D eigenvalue weighted by molar-refractivity contribution is 0.175. The highest BCUT2D eigenvalue weighted by Gasteiger charge is 2.41. The van der Waals surface area contributed by atoms with Gasteiger partial charge in [0.2, 0.25) is 0 Å². The molecule has 18 heavy (non-hydrogen) atoms. The van der Waals surface area contributed by atoms with Crippen molar-refractivity contribution in [3.05, 3.63) is 18.2 Å². The second kappa shape index (κ2) is 5.48. The quantitative estimate of drug-likeness (QED) is 0.730. The monoisotopic (exact) mass is 250 g/mol. The molecular weight excluding hydrogens is 228 g/mol. The first-order chi connectivity index (χ1) is 8.71. The molecule has 0 amide bonds. The highest BCUT2D eigenvalue weighted by atomic mass is 16.5. The number of hydrogen-bond donors (Lipinski definition) is 2. The van der Waals surface area contributed by atoms with Gasteiger partial charge in [-0.25, -0.2) is 0 Å². The van der Waals surface area contributed by atoms with Gasteiger partial charge in [0, 0.05) is 20.3 Å². The van der Waals surface area contributed by atoms with Crippen molar-refractivity contribution in [1.29, 1.82) is 0 Å². The molecule has 0 heterocycles. The minimum atomic E-state index is 0.408. The van der Waals surface area contributed by atoms with Gasteiger partial charge in [0.15, 0.2) is 0 Å². The molecule has 1 aliphatic rings. The van der Waals surface area contributed by atoms with Gasteiger partial charge >= 0.3 is 0 Å². The molecule has 1 saturated carbocycles. The first-order valence-corrected chi connectivity index (χ1v) is 6.36. The molecule has 0 bridgehead atoms. The second-order valence-electron chi connectivity index (χ2n) is 5.02. The lowest BCUT2D eigenvalue weighted by atomic mass is 10.0. The van der Waals surface area contributed by atoms with Crippen LogP contribution in [0, 0.1) is 5.41 Å². The predicted octanol–water partition coefficient (Wildman–Crippen LogP) is 2.51. The number of nitrogens with one attached hydrogen (secondary N) is 1. The van der Waals surface area contributed by atoms with Crippen molar-refractivity contribution in [3.8, 4) is 5.75 Å². The van der Waals surface area contributed by atoms with E-state index < -0.39 is 0 Å². The number of benzene rings is 1. The summed E-state index contributed by atoms with van der Waals surface area (Å²) in [5.74, 6) is 0.724. The summed E-state index contributed by atoms with van der Waals surface area (Å²) in [7, 11) is 3.39. The van der Waals surface area contributed by atoms with Gasteiger partial charge in [-0.05, 0) is 36.8 Å². The molecule has 0 spiro atoms. The Morgan fingerprint density at radius 3 is 2.72 bits per heavy atom. The molecule has 1 aromatic rings. The Morgan fingerprint density at radius 1 is 1.33 bits per heavy atom. The maximum atomic E-state index is 6.03. The maximum absolute atomic E-state index is 6.03. The standard InChI is InChI=1S/C14H22N2O2/c1-17-9-8-14(6-7-14)10-16-11-4-3-5-12(18-2)13(11)15/h3-5,16H,6-10,15H2,1-2H3. The van der Waals surface area contributed by atoms with Gasteiger partial charge in [-0.3, -0.25) is 0 Å². The van der Waals surface area contributed by atoms with E-state index in [1.165, 1.54) is 12.8 Å². The number of para-hydroxylation sites is 1. The summed E-state index contributed by atoms with van der Waals surface area (Å²) in [5.41, 5.74) is 8.08. The van der Waals surface area contributed by atoms with Crippen molar-refractivity contribution >= 4 is 11.4 Å². The molecule has 4 heteroatoms. The Bertz CT molecular complexity index is 403. The van der Waals surface area contributed by atoms with Crippen LogP contribution in [0.3, 0.4) is 0 Å². The van der Waals surface area contributed by atoms with E-state index in [2.05, 4.69) is 5.32 Å². The fourth-order valence-corrected chi connectivity index (χ4v) is 2.17. The number of ether oxygens (including phenoxy) is 2. The maximum Gasteiger partial charge on any atom is 0.143 e. The molecular formula is C14H22N2O2. The molecule has 0 aromatic heterocycles. The summed E-state index contributed by atoms with van der Waals surface area (Å²) in [6, 6.07) is 5.81. The van der Waals surface area contributed by atoms with Gasteiger partial charge in [0.1, 0.15) is 5.75 Å². The SMILES string of the molecule is COCCC1(CNc2cccc(OC)c2N)CC1. The average molecular weight is 250 g/mol. The van der Waals surface area contributed by atoms with Gasteiger partial charge in [-0.1, -0.05) is 6.07 Å². The van der Waals surface area contributed by atoms with E-state index >= 15 is 0 Å². The van der Waals surface area contributed by atoms with E-state index in [0.29, 0.717) is 11.1 Å². The van der Waals surface area contributed by atoms with Gasteiger partial charge in [0.25, 0.3) is 0 Å². The van der Waals surface area contributed by atoms with Crippen molar-refractivity contribution in [2.24, 2.45) is 5.41 Å². The van der Waals surface area contributed by atoms with Crippen LogP contribution in [0.5, 0.6) is 5.75 Å². The molecule has 0 aliphatic heterocycles. The Kier molecular flexibility index (Phi) is 3.97. The van der Waals surface area contributed by atoms with E-state index in [1.807, 2.05) is 18.2 Å². The summed E-state index contributed by atoms with van der Waals surface area (Å²) in [6.45, 7) is 1.78. The van der Waals surface area contributed by atoms with Crippen molar-refractivity contribution < 1.29 is 9.47 Å². The van der Waals surface area contributed by atoms with E-state index in [4.69, 9.17) is 15.2 Å². The molecule has 0 radical (unpaired) electrons. The van der Waals surface area contributed by atoms with Crippen LogP contribution in [-0.4, -0.2) is 27.4 Å². The van der Waals surface area contributed by atoms with Crippen LogP contribution in [0.2, 0.25) is 0 Å². The zero-order valence-corrected chi connectivity index (χ0v) is 11.2. The van der Waals surface area contributed by atoms with Crippen LogP contribution in [0.25, 0.3) is 0 Å². The van der Waals surface area contributed by atoms with Crippen LogP contribution < -0.4 is 15.8 Å². The van der Waals surface area contributed by atoms with Gasteiger partial charge < -0.3 is 20.5 Å². The molecule has 1 aromatic carbocycles.